The zero-order chi connectivity index (χ0) is 17.3. The predicted molar refractivity (Wildman–Crippen MR) is 78.0 cm³/mol. The number of hydrogen-bond acceptors (Lipinski definition) is 9. The van der Waals surface area contributed by atoms with Gasteiger partial charge in [0.2, 0.25) is 21.6 Å². The minimum Gasteiger partial charge on any atom is -0.481 e. The fourth-order valence-electron chi connectivity index (χ4n) is 1.77. The molecule has 0 aliphatic carbocycles. The maximum absolute atomic E-state index is 12.5. The van der Waals surface area contributed by atoms with Crippen LogP contribution in [0, 0.1) is 0 Å². The molecule has 12 heteroatoms. The molecule has 0 radical (unpaired) electrons. The van der Waals surface area contributed by atoms with Crippen LogP contribution in [-0.4, -0.2) is 60.9 Å². The summed E-state index contributed by atoms with van der Waals surface area (Å²) in [5.74, 6) is -0.442. The quantitative estimate of drug-likeness (QED) is 0.631. The molecule has 1 rings (SSSR count). The molecule has 0 bridgehead atoms. The Kier molecular flexibility index (Phi) is 5.09. The lowest BCUT2D eigenvalue weighted by atomic mass is 10.5. The number of ether oxygens (including phenoxy) is 2. The van der Waals surface area contributed by atoms with Crippen molar-refractivity contribution >= 4 is 29.5 Å². The summed E-state index contributed by atoms with van der Waals surface area (Å²) < 4.78 is 78.6. The van der Waals surface area contributed by atoms with E-state index < -0.39 is 44.2 Å². The van der Waals surface area contributed by atoms with Crippen LogP contribution in [0.15, 0.2) is 17.0 Å². The molecule has 0 unspecified atom stereocenters. The van der Waals surface area contributed by atoms with Crippen LogP contribution >= 0.6 is 0 Å². The molecule has 0 fully saturated rings. The second-order valence-corrected chi connectivity index (χ2v) is 11.5. The van der Waals surface area contributed by atoms with Crippen molar-refractivity contribution in [2.45, 2.75) is 8.81 Å². The van der Waals surface area contributed by atoms with Crippen molar-refractivity contribution in [3.05, 3.63) is 12.1 Å². The van der Waals surface area contributed by atoms with Gasteiger partial charge >= 0.3 is 0 Å². The van der Waals surface area contributed by atoms with Gasteiger partial charge in [-0.1, -0.05) is 0 Å². The standard InChI is InChI=1S/C10H15NO8S3/c1-18-8-6-5-7(9(11-8)19-2)22(16,17)10(20(3,12)13)21(4,14)15/h5-6,10H,1-4H3. The molecule has 0 spiro atoms. The summed E-state index contributed by atoms with van der Waals surface area (Å²) in [6.07, 6.45) is 1.05. The molecule has 0 aromatic carbocycles. The van der Waals surface area contributed by atoms with Gasteiger partial charge in [0, 0.05) is 18.6 Å². The van der Waals surface area contributed by atoms with E-state index in [1.54, 1.807) is 0 Å². The third-order valence-electron chi connectivity index (χ3n) is 2.46. The van der Waals surface area contributed by atoms with E-state index in [2.05, 4.69) is 4.98 Å². The molecule has 0 saturated heterocycles. The van der Waals surface area contributed by atoms with Crippen LogP contribution in [0.5, 0.6) is 11.8 Å². The zero-order valence-electron chi connectivity index (χ0n) is 12.2. The third-order valence-corrected chi connectivity index (χ3v) is 11.0. The van der Waals surface area contributed by atoms with Crippen molar-refractivity contribution in [2.24, 2.45) is 0 Å². The monoisotopic (exact) mass is 373 g/mol. The molecule has 0 saturated carbocycles. The Morgan fingerprint density at radius 1 is 0.909 bits per heavy atom. The third kappa shape index (κ3) is 3.67. The molecule has 1 heterocycles. The maximum atomic E-state index is 12.5. The van der Waals surface area contributed by atoms with Crippen LogP contribution in [0.2, 0.25) is 0 Å². The average Bonchev–Trinajstić information content (AvgIpc) is 2.33. The summed E-state index contributed by atoms with van der Waals surface area (Å²) >= 11 is 0. The SMILES string of the molecule is COc1ccc(S(=O)(=O)C(S(C)(=O)=O)S(C)(=O)=O)c(OC)n1. The van der Waals surface area contributed by atoms with E-state index in [0.29, 0.717) is 12.5 Å². The van der Waals surface area contributed by atoms with E-state index in [-0.39, 0.29) is 5.88 Å². The van der Waals surface area contributed by atoms with Gasteiger partial charge in [-0.15, -0.1) is 0 Å². The number of nitrogens with zero attached hydrogens (tertiary/aromatic N) is 1. The Morgan fingerprint density at radius 3 is 1.77 bits per heavy atom. The summed E-state index contributed by atoms with van der Waals surface area (Å²) in [5, 5.41) is 0. The Hall–Kier alpha value is -1.40. The maximum Gasteiger partial charge on any atom is 0.266 e. The fraction of sp³-hybridized carbons (Fsp3) is 0.500. The van der Waals surface area contributed by atoms with Crippen LogP contribution in [0.1, 0.15) is 0 Å². The van der Waals surface area contributed by atoms with Gasteiger partial charge in [0.1, 0.15) is 4.90 Å². The molecule has 0 aliphatic rings. The van der Waals surface area contributed by atoms with Crippen molar-refractivity contribution < 1.29 is 34.7 Å². The highest BCUT2D eigenvalue weighted by molar-refractivity contribution is 8.23. The summed E-state index contributed by atoms with van der Waals surface area (Å²) in [6, 6.07) is 2.13. The van der Waals surface area contributed by atoms with Crippen LogP contribution in [0.4, 0.5) is 0 Å². The van der Waals surface area contributed by atoms with Gasteiger partial charge in [0.05, 0.1) is 14.2 Å². The topological polar surface area (TPSA) is 134 Å². The van der Waals surface area contributed by atoms with Crippen LogP contribution < -0.4 is 9.47 Å². The number of rotatable bonds is 6. The van der Waals surface area contributed by atoms with Crippen LogP contribution in [0.3, 0.4) is 0 Å². The largest absolute Gasteiger partial charge is 0.481 e. The lowest BCUT2D eigenvalue weighted by Gasteiger charge is -2.16. The minimum absolute atomic E-state index is 0.0195. The summed E-state index contributed by atoms with van der Waals surface area (Å²) in [7, 11) is -11.3. The minimum atomic E-state index is -4.80. The summed E-state index contributed by atoms with van der Waals surface area (Å²) in [4.78, 5) is 3.05. The average molecular weight is 373 g/mol. The summed E-state index contributed by atoms with van der Waals surface area (Å²) in [6.45, 7) is 0. The molecule has 0 atom stereocenters. The predicted octanol–water partition coefficient (Wildman–Crippen LogP) is -0.755. The first-order chi connectivity index (χ1) is 9.85. The van der Waals surface area contributed by atoms with Crippen molar-refractivity contribution in [3.63, 3.8) is 0 Å². The molecule has 0 amide bonds. The highest BCUT2D eigenvalue weighted by Crippen LogP contribution is 2.31. The lowest BCUT2D eigenvalue weighted by molar-refractivity contribution is 0.356. The van der Waals surface area contributed by atoms with Gasteiger partial charge in [0.15, 0.2) is 19.7 Å². The van der Waals surface area contributed by atoms with E-state index >= 15 is 0 Å². The first-order valence-corrected chi connectivity index (χ1v) is 11.0. The fourth-order valence-corrected chi connectivity index (χ4v) is 9.45. The molecule has 1 aromatic heterocycles. The van der Waals surface area contributed by atoms with Crippen LogP contribution in [-0.2, 0) is 29.5 Å². The number of pyridine rings is 1. The van der Waals surface area contributed by atoms with Gasteiger partial charge in [0.25, 0.3) is 3.91 Å². The normalized spacial score (nSPS) is 13.1. The molecular formula is C10H15NO8S3. The van der Waals surface area contributed by atoms with Crippen molar-refractivity contribution in [1.29, 1.82) is 0 Å². The van der Waals surface area contributed by atoms with Gasteiger partial charge < -0.3 is 9.47 Å². The first-order valence-electron chi connectivity index (χ1n) is 5.56. The first kappa shape index (κ1) is 18.6. The Bertz CT molecular complexity index is 839. The number of hydrogen-bond donors (Lipinski definition) is 0. The summed E-state index contributed by atoms with van der Waals surface area (Å²) in [5.41, 5.74) is 0. The van der Waals surface area contributed by atoms with Crippen LogP contribution in [0.25, 0.3) is 0 Å². The Labute approximate surface area is 129 Å². The smallest absolute Gasteiger partial charge is 0.266 e. The van der Waals surface area contributed by atoms with Crippen molar-refractivity contribution in [1.82, 2.24) is 4.98 Å². The van der Waals surface area contributed by atoms with E-state index in [4.69, 9.17) is 9.47 Å². The van der Waals surface area contributed by atoms with Crippen molar-refractivity contribution in [2.75, 3.05) is 26.7 Å². The van der Waals surface area contributed by atoms with E-state index in [1.165, 1.54) is 7.11 Å². The van der Waals surface area contributed by atoms with Gasteiger partial charge in [-0.3, -0.25) is 0 Å². The second-order valence-electron chi connectivity index (χ2n) is 4.35. The highest BCUT2D eigenvalue weighted by Gasteiger charge is 2.46. The second kappa shape index (κ2) is 6.01. The number of sulfone groups is 3. The molecule has 0 N–H and O–H groups in total. The van der Waals surface area contributed by atoms with Crippen molar-refractivity contribution in [3.8, 4) is 11.8 Å². The number of methoxy groups -OCH3 is 2. The Morgan fingerprint density at radius 2 is 1.41 bits per heavy atom. The zero-order valence-corrected chi connectivity index (χ0v) is 14.6. The highest BCUT2D eigenvalue weighted by atomic mass is 32.3. The molecule has 126 valence electrons. The molecule has 1 aromatic rings. The number of aromatic nitrogens is 1. The molecular weight excluding hydrogens is 358 g/mol. The molecule has 22 heavy (non-hydrogen) atoms. The lowest BCUT2D eigenvalue weighted by Crippen LogP contribution is -2.37. The van der Waals surface area contributed by atoms with Gasteiger partial charge in [-0.2, -0.15) is 4.98 Å². The van der Waals surface area contributed by atoms with Gasteiger partial charge in [-0.25, -0.2) is 25.3 Å². The Balaban J connectivity index is 3.73. The molecule has 0 aliphatic heterocycles. The van der Waals surface area contributed by atoms with E-state index in [9.17, 15) is 25.3 Å². The van der Waals surface area contributed by atoms with E-state index in [0.717, 1.165) is 19.2 Å². The molecule has 9 nitrogen and oxygen atoms in total. The van der Waals surface area contributed by atoms with E-state index in [1.807, 2.05) is 0 Å². The van der Waals surface area contributed by atoms with Gasteiger partial charge in [-0.05, 0) is 6.07 Å².